The Morgan fingerprint density at radius 2 is 1.86 bits per heavy atom. The predicted molar refractivity (Wildman–Crippen MR) is 130 cm³/mol. The first-order valence-corrected chi connectivity index (χ1v) is 10.4. The van der Waals surface area contributed by atoms with Crippen molar-refractivity contribution in [1.29, 1.82) is 0 Å². The Balaban J connectivity index is 0.00000420. The number of nitrogens with zero attached hydrogens (tertiary/aromatic N) is 2. The highest BCUT2D eigenvalue weighted by Crippen LogP contribution is 2.21. The second kappa shape index (κ2) is 13.7. The molecule has 1 aromatic rings. The summed E-state index contributed by atoms with van der Waals surface area (Å²) in [7, 11) is 5.20. The minimum Gasteiger partial charge on any atom is -0.497 e. The number of rotatable bonds is 8. The molecule has 0 radical (unpaired) electrons. The van der Waals surface area contributed by atoms with Crippen LogP contribution in [0.1, 0.15) is 56.9 Å². The molecule has 1 atom stereocenters. The fourth-order valence-electron chi connectivity index (χ4n) is 3.39. The molecule has 1 saturated carbocycles. The van der Waals surface area contributed by atoms with Crippen LogP contribution < -0.4 is 15.4 Å². The topological polar surface area (TPSA) is 66.0 Å². The van der Waals surface area contributed by atoms with Crippen LogP contribution in [0.2, 0.25) is 0 Å². The zero-order valence-electron chi connectivity index (χ0n) is 18.2. The maximum atomic E-state index is 11.9. The number of ether oxygens (including phenoxy) is 1. The largest absolute Gasteiger partial charge is 0.497 e. The molecule has 0 aromatic heterocycles. The molecule has 6 nitrogen and oxygen atoms in total. The van der Waals surface area contributed by atoms with E-state index < -0.39 is 0 Å². The van der Waals surface area contributed by atoms with Gasteiger partial charge in [0.15, 0.2) is 5.96 Å². The molecule has 1 fully saturated rings. The highest BCUT2D eigenvalue weighted by molar-refractivity contribution is 14.0. The van der Waals surface area contributed by atoms with Gasteiger partial charge in [-0.2, -0.15) is 0 Å². The quantitative estimate of drug-likeness (QED) is 0.314. The molecule has 2 N–H and O–H groups in total. The van der Waals surface area contributed by atoms with Gasteiger partial charge in [-0.3, -0.25) is 4.79 Å². The predicted octanol–water partition coefficient (Wildman–Crippen LogP) is 3.76. The number of carbonyl (C=O) groups is 1. The standard InChI is InChI=1S/C22H36N4O2.HI/c1-17(18-10-12-20(28-4)13-11-18)14-15-23-22(24-16-21(27)26(2)3)25-19-8-6-5-7-9-19;/h10-13,17,19H,5-9,14-16H2,1-4H3,(H2,23,24,25);1H. The van der Waals surface area contributed by atoms with E-state index >= 15 is 0 Å². The number of hydrogen-bond acceptors (Lipinski definition) is 3. The number of halogens is 1. The average molecular weight is 516 g/mol. The Labute approximate surface area is 192 Å². The van der Waals surface area contributed by atoms with Gasteiger partial charge in [0.2, 0.25) is 5.91 Å². The summed E-state index contributed by atoms with van der Waals surface area (Å²) in [5.74, 6) is 2.07. The van der Waals surface area contributed by atoms with Crippen molar-refractivity contribution >= 4 is 35.8 Å². The lowest BCUT2D eigenvalue weighted by molar-refractivity contribution is -0.127. The lowest BCUT2D eigenvalue weighted by atomic mass is 9.96. The van der Waals surface area contributed by atoms with Gasteiger partial charge in [-0.1, -0.05) is 38.3 Å². The van der Waals surface area contributed by atoms with Crippen molar-refractivity contribution in [2.75, 3.05) is 34.3 Å². The van der Waals surface area contributed by atoms with E-state index in [1.54, 1.807) is 26.1 Å². The molecule has 164 valence electrons. The first kappa shape index (κ1) is 25.5. The third-order valence-electron chi connectivity index (χ3n) is 5.37. The molecule has 0 bridgehead atoms. The summed E-state index contributed by atoms with van der Waals surface area (Å²) < 4.78 is 5.23. The molecule has 2 rings (SSSR count). The molecule has 0 heterocycles. The van der Waals surface area contributed by atoms with Crippen LogP contribution in [0.15, 0.2) is 29.3 Å². The van der Waals surface area contributed by atoms with Crippen LogP contribution in [0.25, 0.3) is 0 Å². The molecule has 1 aliphatic carbocycles. The van der Waals surface area contributed by atoms with Crippen LogP contribution >= 0.6 is 24.0 Å². The molecule has 1 amide bonds. The lowest BCUT2D eigenvalue weighted by Gasteiger charge is -2.25. The number of benzene rings is 1. The van der Waals surface area contributed by atoms with Crippen molar-refractivity contribution in [3.8, 4) is 5.75 Å². The summed E-state index contributed by atoms with van der Waals surface area (Å²) in [4.78, 5) is 18.0. The number of aliphatic imine (C=N–C) groups is 1. The van der Waals surface area contributed by atoms with E-state index in [2.05, 4.69) is 34.7 Å². The number of nitrogens with one attached hydrogen (secondary N) is 2. The molecule has 1 aliphatic rings. The van der Waals surface area contributed by atoms with Gasteiger partial charge in [0.1, 0.15) is 12.3 Å². The molecule has 1 aromatic carbocycles. The van der Waals surface area contributed by atoms with E-state index in [0.29, 0.717) is 12.0 Å². The highest BCUT2D eigenvalue weighted by atomic mass is 127. The van der Waals surface area contributed by atoms with Gasteiger partial charge in [0.05, 0.1) is 7.11 Å². The lowest BCUT2D eigenvalue weighted by Crippen LogP contribution is -2.45. The normalized spacial score (nSPS) is 15.8. The first-order valence-electron chi connectivity index (χ1n) is 10.4. The summed E-state index contributed by atoms with van der Waals surface area (Å²) in [5, 5.41) is 6.96. The van der Waals surface area contributed by atoms with Gasteiger partial charge in [-0.05, 0) is 42.9 Å². The van der Waals surface area contributed by atoms with Gasteiger partial charge in [-0.25, -0.2) is 4.99 Å². The molecule has 1 unspecified atom stereocenters. The van der Waals surface area contributed by atoms with Crippen LogP contribution in [0.4, 0.5) is 0 Å². The van der Waals surface area contributed by atoms with Crippen LogP contribution in [0.5, 0.6) is 5.75 Å². The summed E-state index contributed by atoms with van der Waals surface area (Å²) in [6, 6.07) is 8.70. The molecule has 0 aliphatic heterocycles. The van der Waals surface area contributed by atoms with Crippen LogP contribution in [-0.4, -0.2) is 57.1 Å². The third-order valence-corrected chi connectivity index (χ3v) is 5.37. The van der Waals surface area contributed by atoms with Crippen LogP contribution in [-0.2, 0) is 4.79 Å². The van der Waals surface area contributed by atoms with E-state index in [9.17, 15) is 4.79 Å². The number of guanidine groups is 1. The SMILES string of the molecule is COc1ccc(C(C)CCNC(=NCC(=O)N(C)C)NC2CCCCC2)cc1.I. The Morgan fingerprint density at radius 3 is 2.45 bits per heavy atom. The second-order valence-electron chi connectivity index (χ2n) is 7.82. The smallest absolute Gasteiger partial charge is 0.243 e. The summed E-state index contributed by atoms with van der Waals surface area (Å²) in [5.41, 5.74) is 1.30. The van der Waals surface area contributed by atoms with Crippen molar-refractivity contribution < 1.29 is 9.53 Å². The summed E-state index contributed by atoms with van der Waals surface area (Å²) in [6.07, 6.45) is 7.16. The zero-order valence-corrected chi connectivity index (χ0v) is 20.6. The Hall–Kier alpha value is -1.51. The zero-order chi connectivity index (χ0) is 20.4. The number of amides is 1. The number of methoxy groups -OCH3 is 1. The third kappa shape index (κ3) is 9.23. The number of hydrogen-bond donors (Lipinski definition) is 2. The minimum absolute atomic E-state index is 0. The molecular weight excluding hydrogens is 479 g/mol. The Kier molecular flexibility index (Phi) is 12.0. The molecule has 7 heteroatoms. The van der Waals surface area contributed by atoms with Gasteiger partial charge in [0.25, 0.3) is 0 Å². The fourth-order valence-corrected chi connectivity index (χ4v) is 3.39. The van der Waals surface area contributed by atoms with Crippen LogP contribution in [0.3, 0.4) is 0 Å². The van der Waals surface area contributed by atoms with E-state index in [1.165, 1.54) is 37.7 Å². The number of likely N-dealkylation sites (N-methyl/N-ethyl adjacent to an activating group) is 1. The van der Waals surface area contributed by atoms with E-state index in [1.807, 2.05) is 12.1 Å². The van der Waals surface area contributed by atoms with Crippen molar-refractivity contribution in [2.45, 2.75) is 57.4 Å². The first-order chi connectivity index (χ1) is 13.5. The maximum absolute atomic E-state index is 11.9. The van der Waals surface area contributed by atoms with Crippen molar-refractivity contribution in [3.63, 3.8) is 0 Å². The van der Waals surface area contributed by atoms with Crippen LogP contribution in [0, 0.1) is 0 Å². The average Bonchev–Trinajstić information content (AvgIpc) is 2.72. The molecule has 0 saturated heterocycles. The van der Waals surface area contributed by atoms with Gasteiger partial charge in [0, 0.05) is 26.7 Å². The van der Waals surface area contributed by atoms with Gasteiger partial charge in [-0.15, -0.1) is 24.0 Å². The second-order valence-corrected chi connectivity index (χ2v) is 7.82. The van der Waals surface area contributed by atoms with Gasteiger partial charge >= 0.3 is 0 Å². The minimum atomic E-state index is 0. The summed E-state index contributed by atoms with van der Waals surface area (Å²) >= 11 is 0. The molecular formula is C22H37IN4O2. The van der Waals surface area contributed by atoms with Crippen molar-refractivity contribution in [1.82, 2.24) is 15.5 Å². The molecule has 0 spiro atoms. The molecule has 29 heavy (non-hydrogen) atoms. The van der Waals surface area contributed by atoms with Crippen molar-refractivity contribution in [3.05, 3.63) is 29.8 Å². The number of carbonyl (C=O) groups excluding carboxylic acids is 1. The Morgan fingerprint density at radius 1 is 1.21 bits per heavy atom. The van der Waals surface area contributed by atoms with E-state index in [-0.39, 0.29) is 36.4 Å². The summed E-state index contributed by atoms with van der Waals surface area (Å²) in [6.45, 7) is 3.20. The van der Waals surface area contributed by atoms with Gasteiger partial charge < -0.3 is 20.3 Å². The van der Waals surface area contributed by atoms with E-state index in [0.717, 1.165) is 24.7 Å². The maximum Gasteiger partial charge on any atom is 0.243 e. The highest BCUT2D eigenvalue weighted by Gasteiger charge is 2.15. The Bertz CT molecular complexity index is 628. The monoisotopic (exact) mass is 516 g/mol. The van der Waals surface area contributed by atoms with E-state index in [4.69, 9.17) is 4.74 Å². The van der Waals surface area contributed by atoms with Crippen molar-refractivity contribution in [2.24, 2.45) is 4.99 Å². The fraction of sp³-hybridized carbons (Fsp3) is 0.636.